The number of hydrogen-bond donors (Lipinski definition) is 1. The third kappa shape index (κ3) is 4.59. The Morgan fingerprint density at radius 2 is 1.81 bits per heavy atom. The maximum absolute atomic E-state index is 3.40. The molecule has 0 spiro atoms. The van der Waals surface area contributed by atoms with Crippen molar-refractivity contribution in [3.8, 4) is 11.8 Å². The quantitative estimate of drug-likeness (QED) is 0.858. The highest BCUT2D eigenvalue weighted by molar-refractivity contribution is 5.45. The Labute approximate surface area is 129 Å². The molecule has 1 N–H and O–H groups in total. The number of piperazine rings is 1. The van der Waals surface area contributed by atoms with E-state index in [9.17, 15) is 0 Å². The Kier molecular flexibility index (Phi) is 5.85. The van der Waals surface area contributed by atoms with Crippen molar-refractivity contribution in [3.05, 3.63) is 34.9 Å². The van der Waals surface area contributed by atoms with Crippen molar-refractivity contribution < 1.29 is 0 Å². The van der Waals surface area contributed by atoms with Gasteiger partial charge in [0.2, 0.25) is 0 Å². The Morgan fingerprint density at radius 3 is 2.43 bits per heavy atom. The molecule has 1 aromatic carbocycles. The van der Waals surface area contributed by atoms with E-state index in [1.807, 2.05) is 0 Å². The molecule has 0 amide bonds. The van der Waals surface area contributed by atoms with E-state index in [1.54, 1.807) is 0 Å². The van der Waals surface area contributed by atoms with Crippen molar-refractivity contribution in [2.75, 3.05) is 32.7 Å². The van der Waals surface area contributed by atoms with Crippen LogP contribution in [0.25, 0.3) is 0 Å². The fourth-order valence-electron chi connectivity index (χ4n) is 2.65. The van der Waals surface area contributed by atoms with Gasteiger partial charge in [0.15, 0.2) is 0 Å². The normalized spacial score (nSPS) is 16.1. The first kappa shape index (κ1) is 16.1. The molecule has 0 unspecified atom stereocenters. The zero-order valence-electron chi connectivity index (χ0n) is 13.9. The second kappa shape index (κ2) is 7.64. The largest absolute Gasteiger partial charge is 0.314 e. The fourth-order valence-corrected chi connectivity index (χ4v) is 2.65. The van der Waals surface area contributed by atoms with Crippen LogP contribution in [-0.4, -0.2) is 37.6 Å². The van der Waals surface area contributed by atoms with Crippen LogP contribution in [0.2, 0.25) is 0 Å². The fraction of sp³-hybridized carbons (Fsp3) is 0.579. The summed E-state index contributed by atoms with van der Waals surface area (Å²) >= 11 is 0. The molecule has 1 aliphatic rings. The minimum absolute atomic E-state index is 0.521. The van der Waals surface area contributed by atoms with Crippen molar-refractivity contribution in [1.29, 1.82) is 0 Å². The summed E-state index contributed by atoms with van der Waals surface area (Å²) in [5.41, 5.74) is 3.99. The lowest BCUT2D eigenvalue weighted by Gasteiger charge is -2.24. The van der Waals surface area contributed by atoms with Gasteiger partial charge in [0, 0.05) is 31.7 Å². The highest BCUT2D eigenvalue weighted by Gasteiger charge is 2.09. The average molecular weight is 284 g/mol. The van der Waals surface area contributed by atoms with Crippen LogP contribution in [0.3, 0.4) is 0 Å². The van der Waals surface area contributed by atoms with E-state index in [-0.39, 0.29) is 0 Å². The maximum Gasteiger partial charge on any atom is 0.0606 e. The maximum atomic E-state index is 3.40. The third-order valence-electron chi connectivity index (χ3n) is 4.10. The van der Waals surface area contributed by atoms with Crippen LogP contribution in [0.4, 0.5) is 0 Å². The van der Waals surface area contributed by atoms with Crippen molar-refractivity contribution in [2.24, 2.45) is 0 Å². The Bertz CT molecular complexity index is 514. The lowest BCUT2D eigenvalue weighted by molar-refractivity contribution is 0.268. The van der Waals surface area contributed by atoms with Crippen molar-refractivity contribution in [1.82, 2.24) is 10.2 Å². The molecule has 2 nitrogen and oxygen atoms in total. The van der Waals surface area contributed by atoms with Gasteiger partial charge < -0.3 is 5.32 Å². The van der Waals surface area contributed by atoms with E-state index in [1.165, 1.54) is 16.7 Å². The first-order valence-electron chi connectivity index (χ1n) is 8.13. The molecule has 114 valence electrons. The molecular weight excluding hydrogens is 256 g/mol. The Hall–Kier alpha value is -1.30. The van der Waals surface area contributed by atoms with Gasteiger partial charge in [0.1, 0.15) is 0 Å². The minimum atomic E-state index is 0.521. The summed E-state index contributed by atoms with van der Waals surface area (Å²) in [5, 5.41) is 3.37. The monoisotopic (exact) mass is 284 g/mol. The summed E-state index contributed by atoms with van der Waals surface area (Å²) < 4.78 is 0. The van der Waals surface area contributed by atoms with Gasteiger partial charge in [0.25, 0.3) is 0 Å². The van der Waals surface area contributed by atoms with Crippen LogP contribution >= 0.6 is 0 Å². The SMILES string of the molecule is CC(C)c1ccc(C#CCN2CCNCC2)c(C(C)C)c1. The van der Waals surface area contributed by atoms with Crippen molar-refractivity contribution >= 4 is 0 Å². The molecule has 1 saturated heterocycles. The van der Waals surface area contributed by atoms with Crippen LogP contribution in [0.15, 0.2) is 18.2 Å². The van der Waals surface area contributed by atoms with Crippen LogP contribution in [0.5, 0.6) is 0 Å². The number of benzene rings is 1. The predicted molar refractivity (Wildman–Crippen MR) is 90.8 cm³/mol. The zero-order valence-corrected chi connectivity index (χ0v) is 13.9. The van der Waals surface area contributed by atoms with Gasteiger partial charge in [0.05, 0.1) is 6.54 Å². The number of hydrogen-bond acceptors (Lipinski definition) is 2. The van der Waals surface area contributed by atoms with Crippen LogP contribution < -0.4 is 5.32 Å². The number of nitrogens with zero attached hydrogens (tertiary/aromatic N) is 1. The predicted octanol–water partition coefficient (Wildman–Crippen LogP) is 3.19. The number of rotatable bonds is 3. The summed E-state index contributed by atoms with van der Waals surface area (Å²) in [4.78, 5) is 2.42. The molecule has 21 heavy (non-hydrogen) atoms. The van der Waals surface area contributed by atoms with Gasteiger partial charge in [-0.2, -0.15) is 0 Å². The van der Waals surface area contributed by atoms with Crippen LogP contribution in [-0.2, 0) is 0 Å². The molecule has 1 aromatic rings. The third-order valence-corrected chi connectivity index (χ3v) is 4.10. The molecule has 0 atom stereocenters. The molecule has 1 fully saturated rings. The first-order chi connectivity index (χ1) is 10.1. The van der Waals surface area contributed by atoms with E-state index < -0.39 is 0 Å². The second-order valence-electron chi connectivity index (χ2n) is 6.48. The summed E-state index contributed by atoms with van der Waals surface area (Å²) in [6.45, 7) is 14.3. The topological polar surface area (TPSA) is 15.3 Å². The standard InChI is InChI=1S/C19H28N2/c1-15(2)18-8-7-17(19(14-18)16(3)4)6-5-11-21-12-9-20-10-13-21/h7-8,14-16,20H,9-13H2,1-4H3. The van der Waals surface area contributed by atoms with E-state index in [2.05, 4.69) is 68.0 Å². The molecule has 0 radical (unpaired) electrons. The van der Waals surface area contributed by atoms with Gasteiger partial charge in [-0.15, -0.1) is 0 Å². The van der Waals surface area contributed by atoms with Crippen molar-refractivity contribution in [3.63, 3.8) is 0 Å². The molecule has 2 heteroatoms. The highest BCUT2D eigenvalue weighted by Crippen LogP contribution is 2.24. The smallest absolute Gasteiger partial charge is 0.0606 e. The van der Waals surface area contributed by atoms with E-state index >= 15 is 0 Å². The molecule has 0 aliphatic carbocycles. The van der Waals surface area contributed by atoms with E-state index in [0.29, 0.717) is 11.8 Å². The van der Waals surface area contributed by atoms with Crippen LogP contribution in [0, 0.1) is 11.8 Å². The van der Waals surface area contributed by atoms with Gasteiger partial charge in [-0.3, -0.25) is 4.90 Å². The van der Waals surface area contributed by atoms with Gasteiger partial charge in [-0.05, 0) is 29.0 Å². The average Bonchev–Trinajstić information content (AvgIpc) is 2.48. The lowest BCUT2D eigenvalue weighted by Crippen LogP contribution is -2.43. The summed E-state index contributed by atoms with van der Waals surface area (Å²) in [6.07, 6.45) is 0. The second-order valence-corrected chi connectivity index (χ2v) is 6.48. The summed E-state index contributed by atoms with van der Waals surface area (Å²) in [7, 11) is 0. The van der Waals surface area contributed by atoms with Crippen molar-refractivity contribution in [2.45, 2.75) is 39.5 Å². The first-order valence-corrected chi connectivity index (χ1v) is 8.13. The van der Waals surface area contributed by atoms with Gasteiger partial charge in [-0.1, -0.05) is 51.7 Å². The number of nitrogens with one attached hydrogen (secondary N) is 1. The Morgan fingerprint density at radius 1 is 1.10 bits per heavy atom. The summed E-state index contributed by atoms with van der Waals surface area (Å²) in [5.74, 6) is 7.85. The minimum Gasteiger partial charge on any atom is -0.314 e. The van der Waals surface area contributed by atoms with Crippen LogP contribution in [0.1, 0.15) is 56.2 Å². The Balaban J connectivity index is 2.11. The molecule has 0 bridgehead atoms. The molecule has 0 saturated carbocycles. The summed E-state index contributed by atoms with van der Waals surface area (Å²) in [6, 6.07) is 6.77. The molecule has 2 rings (SSSR count). The van der Waals surface area contributed by atoms with Gasteiger partial charge >= 0.3 is 0 Å². The highest BCUT2D eigenvalue weighted by atomic mass is 15.2. The molecule has 0 aromatic heterocycles. The zero-order chi connectivity index (χ0) is 15.2. The lowest BCUT2D eigenvalue weighted by atomic mass is 9.92. The van der Waals surface area contributed by atoms with Gasteiger partial charge in [-0.25, -0.2) is 0 Å². The molecular formula is C19H28N2. The van der Waals surface area contributed by atoms with E-state index in [4.69, 9.17) is 0 Å². The molecule has 1 aliphatic heterocycles. The molecule has 1 heterocycles. The van der Waals surface area contributed by atoms with E-state index in [0.717, 1.165) is 32.7 Å².